The monoisotopic (exact) mass is 355 g/mol. The molecule has 10 nitrogen and oxygen atoms in total. The molecule has 10 heteroatoms. The molecule has 0 bridgehead atoms. The molecule has 26 heavy (non-hydrogen) atoms. The lowest BCUT2D eigenvalue weighted by atomic mass is 10.2. The lowest BCUT2D eigenvalue weighted by molar-refractivity contribution is -0.131. The Balaban J connectivity index is 2.12. The predicted molar refractivity (Wildman–Crippen MR) is 92.9 cm³/mol. The van der Waals surface area contributed by atoms with Crippen molar-refractivity contribution in [1.82, 2.24) is 19.1 Å². The fourth-order valence-electron chi connectivity index (χ4n) is 2.39. The number of nitrogens with zero attached hydrogens (tertiary/aromatic N) is 4. The second-order valence-corrected chi connectivity index (χ2v) is 5.47. The van der Waals surface area contributed by atoms with Crippen LogP contribution in [0.2, 0.25) is 0 Å². The Morgan fingerprint density at radius 1 is 1.08 bits per heavy atom. The molecule has 0 aliphatic heterocycles. The van der Waals surface area contributed by atoms with Crippen molar-refractivity contribution in [2.24, 2.45) is 14.1 Å². The van der Waals surface area contributed by atoms with Crippen LogP contribution in [0.1, 0.15) is 0 Å². The highest BCUT2D eigenvalue weighted by Gasteiger charge is 2.13. The maximum atomic E-state index is 12.2. The highest BCUT2D eigenvalue weighted by Crippen LogP contribution is 2.18. The first-order valence-corrected chi connectivity index (χ1v) is 7.37. The van der Waals surface area contributed by atoms with Gasteiger partial charge in [0.2, 0.25) is 5.91 Å². The fourth-order valence-corrected chi connectivity index (χ4v) is 2.39. The first-order valence-electron chi connectivity index (χ1n) is 7.37. The standard InChI is InChI=1S/C16H13N5O5/c1-20-14-13(15(25)21(2)16(20)26)18-9-4-3-8(7-10(9)19-14)17-11(22)5-6-12(23)24/h3-7H,1-2H3,(H,17,22)(H,23,24)/b6-5+. The number of aromatic nitrogens is 4. The molecule has 3 aromatic rings. The normalized spacial score (nSPS) is 11.3. The summed E-state index contributed by atoms with van der Waals surface area (Å²) in [5.41, 5.74) is 0.240. The number of carboxylic acids is 1. The summed E-state index contributed by atoms with van der Waals surface area (Å²) in [6.07, 6.45) is 1.60. The van der Waals surface area contributed by atoms with Crippen LogP contribution in [-0.2, 0) is 23.7 Å². The van der Waals surface area contributed by atoms with Crippen LogP contribution in [0.4, 0.5) is 5.69 Å². The third-order valence-corrected chi connectivity index (χ3v) is 3.69. The number of nitrogens with one attached hydrogen (secondary N) is 1. The number of benzene rings is 1. The van der Waals surface area contributed by atoms with Gasteiger partial charge in [0.15, 0.2) is 11.2 Å². The smallest absolute Gasteiger partial charge is 0.332 e. The van der Waals surface area contributed by atoms with Gasteiger partial charge >= 0.3 is 11.7 Å². The third kappa shape index (κ3) is 2.95. The summed E-state index contributed by atoms with van der Waals surface area (Å²) >= 11 is 0. The molecule has 2 heterocycles. The number of hydrogen-bond acceptors (Lipinski definition) is 6. The molecule has 0 saturated heterocycles. The van der Waals surface area contributed by atoms with Gasteiger partial charge in [-0.1, -0.05) is 0 Å². The molecule has 0 saturated carbocycles. The highest BCUT2D eigenvalue weighted by atomic mass is 16.4. The Morgan fingerprint density at radius 2 is 1.81 bits per heavy atom. The number of anilines is 1. The number of carbonyl (C=O) groups is 2. The minimum Gasteiger partial charge on any atom is -0.478 e. The van der Waals surface area contributed by atoms with Crippen LogP contribution in [-0.4, -0.2) is 36.1 Å². The topological polar surface area (TPSA) is 136 Å². The van der Waals surface area contributed by atoms with Gasteiger partial charge in [0.25, 0.3) is 5.56 Å². The quantitative estimate of drug-likeness (QED) is 0.489. The largest absolute Gasteiger partial charge is 0.478 e. The minimum absolute atomic E-state index is 0.0586. The summed E-state index contributed by atoms with van der Waals surface area (Å²) in [5, 5.41) is 11.0. The van der Waals surface area contributed by atoms with Gasteiger partial charge in [0.1, 0.15) is 0 Å². The number of aliphatic carboxylic acids is 1. The fraction of sp³-hybridized carbons (Fsp3) is 0.125. The summed E-state index contributed by atoms with van der Waals surface area (Å²) in [6.45, 7) is 0. The number of rotatable bonds is 3. The van der Waals surface area contributed by atoms with E-state index in [1.54, 1.807) is 12.1 Å². The van der Waals surface area contributed by atoms with Crippen molar-refractivity contribution in [3.05, 3.63) is 51.2 Å². The van der Waals surface area contributed by atoms with E-state index in [0.29, 0.717) is 16.7 Å². The molecule has 3 rings (SSSR count). The summed E-state index contributed by atoms with van der Waals surface area (Å²) in [6, 6.07) is 4.61. The van der Waals surface area contributed by atoms with Crippen molar-refractivity contribution in [2.45, 2.75) is 0 Å². The maximum Gasteiger partial charge on any atom is 0.332 e. The van der Waals surface area contributed by atoms with E-state index in [1.165, 1.54) is 24.7 Å². The average Bonchev–Trinajstić information content (AvgIpc) is 2.61. The van der Waals surface area contributed by atoms with Gasteiger partial charge in [-0.2, -0.15) is 0 Å². The Morgan fingerprint density at radius 3 is 2.50 bits per heavy atom. The van der Waals surface area contributed by atoms with Crippen molar-refractivity contribution < 1.29 is 14.7 Å². The van der Waals surface area contributed by atoms with Gasteiger partial charge in [-0.05, 0) is 18.2 Å². The molecule has 0 radical (unpaired) electrons. The van der Waals surface area contributed by atoms with Crippen LogP contribution in [0.5, 0.6) is 0 Å². The van der Waals surface area contributed by atoms with E-state index in [1.807, 2.05) is 0 Å². The zero-order chi connectivity index (χ0) is 19.0. The molecule has 2 N–H and O–H groups in total. The van der Waals surface area contributed by atoms with Gasteiger partial charge in [0, 0.05) is 31.9 Å². The zero-order valence-corrected chi connectivity index (χ0v) is 13.8. The first kappa shape index (κ1) is 17.0. The molecular weight excluding hydrogens is 342 g/mol. The van der Waals surface area contributed by atoms with E-state index in [2.05, 4.69) is 15.3 Å². The molecule has 0 aliphatic carbocycles. The second kappa shape index (κ2) is 6.24. The molecule has 0 spiro atoms. The molecule has 1 amide bonds. The lowest BCUT2D eigenvalue weighted by Crippen LogP contribution is -2.37. The summed E-state index contributed by atoms with van der Waals surface area (Å²) < 4.78 is 2.16. The number of hydrogen-bond donors (Lipinski definition) is 2. The van der Waals surface area contributed by atoms with E-state index in [-0.39, 0.29) is 11.2 Å². The Labute approximate surface area is 145 Å². The Hall–Kier alpha value is -3.82. The highest BCUT2D eigenvalue weighted by molar-refractivity contribution is 6.03. The Kier molecular flexibility index (Phi) is 4.08. The van der Waals surface area contributed by atoms with Crippen LogP contribution in [0.3, 0.4) is 0 Å². The van der Waals surface area contributed by atoms with Crippen molar-refractivity contribution in [2.75, 3.05) is 5.32 Å². The SMILES string of the molecule is Cn1c(=O)c2nc3ccc(NC(=O)/C=C/C(=O)O)cc3nc2n(C)c1=O. The second-order valence-electron chi connectivity index (χ2n) is 5.47. The maximum absolute atomic E-state index is 12.2. The zero-order valence-electron chi connectivity index (χ0n) is 13.8. The molecular formula is C16H13N5O5. The Bertz CT molecular complexity index is 1220. The lowest BCUT2D eigenvalue weighted by Gasteiger charge is -2.08. The number of aryl methyl sites for hydroxylation is 1. The average molecular weight is 355 g/mol. The van der Waals surface area contributed by atoms with Crippen LogP contribution in [0, 0.1) is 0 Å². The van der Waals surface area contributed by atoms with Crippen molar-refractivity contribution in [3.63, 3.8) is 0 Å². The van der Waals surface area contributed by atoms with Gasteiger partial charge in [0.05, 0.1) is 11.0 Å². The van der Waals surface area contributed by atoms with Crippen molar-refractivity contribution in [3.8, 4) is 0 Å². The number of carbonyl (C=O) groups excluding carboxylic acids is 1. The molecule has 132 valence electrons. The van der Waals surface area contributed by atoms with Gasteiger partial charge in [-0.25, -0.2) is 19.6 Å². The van der Waals surface area contributed by atoms with E-state index in [9.17, 15) is 19.2 Å². The predicted octanol–water partition coefficient (Wildman–Crippen LogP) is -0.240. The van der Waals surface area contributed by atoms with Crippen LogP contribution < -0.4 is 16.6 Å². The van der Waals surface area contributed by atoms with E-state index < -0.39 is 23.1 Å². The first-order chi connectivity index (χ1) is 12.3. The van der Waals surface area contributed by atoms with Gasteiger partial charge in [-0.3, -0.25) is 18.7 Å². The van der Waals surface area contributed by atoms with Crippen LogP contribution in [0.15, 0.2) is 39.9 Å². The summed E-state index contributed by atoms with van der Waals surface area (Å²) in [5.74, 6) is -1.86. The molecule has 0 aliphatic rings. The van der Waals surface area contributed by atoms with Gasteiger partial charge in [-0.15, -0.1) is 0 Å². The summed E-state index contributed by atoms with van der Waals surface area (Å²) in [4.78, 5) is 54.9. The molecule has 0 unspecified atom stereocenters. The third-order valence-electron chi connectivity index (χ3n) is 3.69. The molecule has 0 fully saturated rings. The molecule has 0 atom stereocenters. The van der Waals surface area contributed by atoms with E-state index in [0.717, 1.165) is 16.7 Å². The van der Waals surface area contributed by atoms with Crippen LogP contribution >= 0.6 is 0 Å². The van der Waals surface area contributed by atoms with Gasteiger partial charge < -0.3 is 10.4 Å². The van der Waals surface area contributed by atoms with E-state index >= 15 is 0 Å². The molecule has 2 aromatic heterocycles. The number of amides is 1. The summed E-state index contributed by atoms with van der Waals surface area (Å²) in [7, 11) is 2.84. The molecule has 1 aromatic carbocycles. The van der Waals surface area contributed by atoms with Crippen LogP contribution in [0.25, 0.3) is 22.2 Å². The van der Waals surface area contributed by atoms with E-state index in [4.69, 9.17) is 5.11 Å². The van der Waals surface area contributed by atoms with Crippen molar-refractivity contribution >= 4 is 39.8 Å². The minimum atomic E-state index is -1.24. The number of fused-ring (bicyclic) bond motifs is 2. The number of carboxylic acid groups (broad SMARTS) is 1. The van der Waals surface area contributed by atoms with Crippen molar-refractivity contribution in [1.29, 1.82) is 0 Å².